The summed E-state index contributed by atoms with van der Waals surface area (Å²) in [5, 5.41) is 2.82. The van der Waals surface area contributed by atoms with Crippen LogP contribution < -0.4 is 19.7 Å². The van der Waals surface area contributed by atoms with E-state index >= 15 is 0 Å². The molecule has 0 radical (unpaired) electrons. The van der Waals surface area contributed by atoms with Crippen LogP contribution in [0.3, 0.4) is 0 Å². The van der Waals surface area contributed by atoms with Crippen molar-refractivity contribution in [3.05, 3.63) is 48.5 Å². The molecule has 0 aliphatic carbocycles. The van der Waals surface area contributed by atoms with Crippen molar-refractivity contribution in [1.82, 2.24) is 5.32 Å². The Bertz CT molecular complexity index is 795. The van der Waals surface area contributed by atoms with Crippen LogP contribution in [0, 0.1) is 0 Å². The molecule has 2 aromatic carbocycles. The Hall–Kier alpha value is -2.67. The summed E-state index contributed by atoms with van der Waals surface area (Å²) in [6.07, 6.45) is 0.257. The molecule has 0 unspecified atom stereocenters. The van der Waals surface area contributed by atoms with E-state index in [9.17, 15) is 9.59 Å². The number of carbonyl (C=O) groups excluding carboxylic acids is 2. The van der Waals surface area contributed by atoms with Crippen molar-refractivity contribution in [1.29, 1.82) is 0 Å². The second kappa shape index (κ2) is 9.32. The van der Waals surface area contributed by atoms with Gasteiger partial charge in [0, 0.05) is 17.9 Å². The predicted molar refractivity (Wildman–Crippen MR) is 106 cm³/mol. The van der Waals surface area contributed by atoms with Crippen molar-refractivity contribution in [3.8, 4) is 11.5 Å². The van der Waals surface area contributed by atoms with Crippen LogP contribution in [-0.4, -0.2) is 44.4 Å². The lowest BCUT2D eigenvalue weighted by atomic mass is 10.2. The van der Waals surface area contributed by atoms with Crippen LogP contribution in [-0.2, 0) is 9.59 Å². The SMILES string of the molecule is COc1ccc(OCCNC(=O)CCN2C(=O)CSc3ccccc32)cc1. The molecule has 0 bridgehead atoms. The molecule has 0 aromatic heterocycles. The summed E-state index contributed by atoms with van der Waals surface area (Å²) in [5.74, 6) is 1.83. The molecule has 27 heavy (non-hydrogen) atoms. The number of amides is 2. The van der Waals surface area contributed by atoms with Crippen LogP contribution in [0.4, 0.5) is 5.69 Å². The smallest absolute Gasteiger partial charge is 0.237 e. The first-order valence-corrected chi connectivity index (χ1v) is 9.71. The maximum atomic E-state index is 12.2. The van der Waals surface area contributed by atoms with Crippen molar-refractivity contribution in [3.63, 3.8) is 0 Å². The molecule has 0 spiro atoms. The summed E-state index contributed by atoms with van der Waals surface area (Å²) in [7, 11) is 1.61. The molecule has 6 nitrogen and oxygen atoms in total. The minimum Gasteiger partial charge on any atom is -0.497 e. The highest BCUT2D eigenvalue weighted by Crippen LogP contribution is 2.34. The maximum absolute atomic E-state index is 12.2. The number of carbonyl (C=O) groups is 2. The largest absolute Gasteiger partial charge is 0.497 e. The molecule has 0 atom stereocenters. The van der Waals surface area contributed by atoms with E-state index < -0.39 is 0 Å². The Kier molecular flexibility index (Phi) is 6.59. The van der Waals surface area contributed by atoms with Gasteiger partial charge in [0.15, 0.2) is 0 Å². The molecule has 2 aromatic rings. The average molecular weight is 386 g/mol. The van der Waals surface area contributed by atoms with Crippen molar-refractivity contribution in [2.75, 3.05) is 37.5 Å². The molecule has 1 N–H and O–H groups in total. The summed E-state index contributed by atoms with van der Waals surface area (Å²) in [6.45, 7) is 1.16. The molecular formula is C20H22N2O4S. The zero-order valence-corrected chi connectivity index (χ0v) is 16.0. The number of benzene rings is 2. The molecule has 1 heterocycles. The summed E-state index contributed by atoms with van der Waals surface area (Å²) in [6, 6.07) is 15.0. The topological polar surface area (TPSA) is 67.9 Å². The van der Waals surface area contributed by atoms with E-state index in [2.05, 4.69) is 5.32 Å². The highest BCUT2D eigenvalue weighted by molar-refractivity contribution is 8.00. The molecule has 0 saturated carbocycles. The molecule has 0 saturated heterocycles. The Morgan fingerprint density at radius 2 is 1.89 bits per heavy atom. The number of ether oxygens (including phenoxy) is 2. The van der Waals surface area contributed by atoms with E-state index in [1.165, 1.54) is 11.8 Å². The van der Waals surface area contributed by atoms with Crippen LogP contribution in [0.15, 0.2) is 53.4 Å². The van der Waals surface area contributed by atoms with Gasteiger partial charge in [-0.25, -0.2) is 0 Å². The van der Waals surface area contributed by atoms with Crippen molar-refractivity contribution < 1.29 is 19.1 Å². The molecule has 0 fully saturated rings. The minimum atomic E-state index is -0.100. The van der Waals surface area contributed by atoms with Crippen molar-refractivity contribution in [2.24, 2.45) is 0 Å². The van der Waals surface area contributed by atoms with Crippen LogP contribution in [0.2, 0.25) is 0 Å². The van der Waals surface area contributed by atoms with Crippen molar-refractivity contribution in [2.45, 2.75) is 11.3 Å². The summed E-state index contributed by atoms with van der Waals surface area (Å²) < 4.78 is 10.7. The summed E-state index contributed by atoms with van der Waals surface area (Å²) in [4.78, 5) is 27.0. The lowest BCUT2D eigenvalue weighted by Gasteiger charge is -2.28. The van der Waals surface area contributed by atoms with E-state index in [1.54, 1.807) is 12.0 Å². The standard InChI is InChI=1S/C20H22N2O4S/c1-25-15-6-8-16(9-7-15)26-13-11-21-19(23)10-12-22-17-4-2-3-5-18(17)27-14-20(22)24/h2-9H,10-14H2,1H3,(H,21,23). The van der Waals surface area contributed by atoms with Gasteiger partial charge in [-0.2, -0.15) is 0 Å². The number of anilines is 1. The van der Waals surface area contributed by atoms with Gasteiger partial charge in [0.05, 0.1) is 25.1 Å². The maximum Gasteiger partial charge on any atom is 0.237 e. The molecule has 7 heteroatoms. The number of nitrogens with one attached hydrogen (secondary N) is 1. The van der Waals surface area contributed by atoms with Gasteiger partial charge in [-0.15, -0.1) is 11.8 Å². The van der Waals surface area contributed by atoms with E-state index in [4.69, 9.17) is 9.47 Å². The molecule has 3 rings (SSSR count). The van der Waals surface area contributed by atoms with Crippen LogP contribution in [0.1, 0.15) is 6.42 Å². The first kappa shape index (κ1) is 19.1. The number of methoxy groups -OCH3 is 1. The second-order valence-electron chi connectivity index (χ2n) is 5.93. The normalized spacial score (nSPS) is 13.1. The number of rotatable bonds is 8. The van der Waals surface area contributed by atoms with Gasteiger partial charge in [-0.3, -0.25) is 9.59 Å². The highest BCUT2D eigenvalue weighted by atomic mass is 32.2. The molecular weight excluding hydrogens is 364 g/mol. The minimum absolute atomic E-state index is 0.0364. The van der Waals surface area contributed by atoms with E-state index in [1.807, 2.05) is 48.5 Å². The molecule has 2 amide bonds. The van der Waals surface area contributed by atoms with Gasteiger partial charge in [0.1, 0.15) is 18.1 Å². The Labute approximate surface area is 162 Å². The van der Waals surface area contributed by atoms with E-state index in [-0.39, 0.29) is 18.2 Å². The van der Waals surface area contributed by atoms with Crippen LogP contribution >= 0.6 is 11.8 Å². The van der Waals surface area contributed by atoms with Gasteiger partial charge < -0.3 is 19.7 Å². The van der Waals surface area contributed by atoms with Crippen molar-refractivity contribution >= 4 is 29.3 Å². The number of nitrogens with zero attached hydrogens (tertiary/aromatic N) is 1. The number of fused-ring (bicyclic) bond motifs is 1. The number of para-hydroxylation sites is 1. The lowest BCUT2D eigenvalue weighted by Crippen LogP contribution is -2.39. The second-order valence-corrected chi connectivity index (χ2v) is 6.94. The number of thioether (sulfide) groups is 1. The molecule has 1 aliphatic heterocycles. The first-order valence-electron chi connectivity index (χ1n) is 8.73. The third kappa shape index (κ3) is 5.17. The number of hydrogen-bond donors (Lipinski definition) is 1. The Morgan fingerprint density at radius 1 is 1.15 bits per heavy atom. The Balaban J connectivity index is 1.40. The van der Waals surface area contributed by atoms with Gasteiger partial charge in [0.2, 0.25) is 11.8 Å². The summed E-state index contributed by atoms with van der Waals surface area (Å²) in [5.41, 5.74) is 0.884. The first-order chi connectivity index (χ1) is 13.2. The number of hydrogen-bond acceptors (Lipinski definition) is 5. The zero-order valence-electron chi connectivity index (χ0n) is 15.1. The predicted octanol–water partition coefficient (Wildman–Crippen LogP) is 2.72. The zero-order chi connectivity index (χ0) is 19.1. The monoisotopic (exact) mass is 386 g/mol. The van der Waals surface area contributed by atoms with Gasteiger partial charge in [-0.1, -0.05) is 12.1 Å². The van der Waals surface area contributed by atoms with Crippen LogP contribution in [0.25, 0.3) is 0 Å². The van der Waals surface area contributed by atoms with E-state index in [0.29, 0.717) is 25.4 Å². The van der Waals surface area contributed by atoms with Gasteiger partial charge in [0.25, 0.3) is 0 Å². The van der Waals surface area contributed by atoms with Gasteiger partial charge >= 0.3 is 0 Å². The van der Waals surface area contributed by atoms with Crippen LogP contribution in [0.5, 0.6) is 11.5 Å². The molecule has 142 valence electrons. The fraction of sp³-hybridized carbons (Fsp3) is 0.300. The lowest BCUT2D eigenvalue weighted by molar-refractivity contribution is -0.121. The Morgan fingerprint density at radius 3 is 2.67 bits per heavy atom. The third-order valence-corrected chi connectivity index (χ3v) is 5.17. The average Bonchev–Trinajstić information content (AvgIpc) is 2.71. The highest BCUT2D eigenvalue weighted by Gasteiger charge is 2.24. The van der Waals surface area contributed by atoms with E-state index in [0.717, 1.165) is 22.1 Å². The third-order valence-electron chi connectivity index (χ3n) is 4.12. The fourth-order valence-corrected chi connectivity index (χ4v) is 3.67. The van der Waals surface area contributed by atoms with Gasteiger partial charge in [-0.05, 0) is 36.4 Å². The molecule has 1 aliphatic rings. The summed E-state index contributed by atoms with van der Waals surface area (Å²) >= 11 is 1.54. The fourth-order valence-electron chi connectivity index (χ4n) is 2.73. The quantitative estimate of drug-likeness (QED) is 0.707.